The second kappa shape index (κ2) is 6.50. The molecule has 1 aliphatic carbocycles. The first-order valence-corrected chi connectivity index (χ1v) is 6.43. The number of nitrogens with zero attached hydrogens (tertiary/aromatic N) is 1. The topological polar surface area (TPSA) is 47.6 Å². The molecule has 0 atom stereocenters. The van der Waals surface area contributed by atoms with E-state index in [0.29, 0.717) is 23.8 Å². The third kappa shape index (κ3) is 3.53. The fourth-order valence-electron chi connectivity index (χ4n) is 2.29. The van der Waals surface area contributed by atoms with Crippen molar-refractivity contribution in [1.82, 2.24) is 0 Å². The van der Waals surface area contributed by atoms with Gasteiger partial charge in [0, 0.05) is 5.56 Å². The molecule has 1 aliphatic rings. The van der Waals surface area contributed by atoms with Crippen LogP contribution in [0.3, 0.4) is 0 Å². The first-order chi connectivity index (χ1) is 8.79. The van der Waals surface area contributed by atoms with Crippen LogP contribution in [0.4, 0.5) is 4.39 Å². The van der Waals surface area contributed by atoms with Gasteiger partial charge in [-0.15, -0.1) is 0 Å². The summed E-state index contributed by atoms with van der Waals surface area (Å²) < 4.78 is 19.5. The van der Waals surface area contributed by atoms with Crippen molar-refractivity contribution < 1.29 is 9.13 Å². The number of ether oxygens (including phenoxy) is 1. The van der Waals surface area contributed by atoms with Gasteiger partial charge in [-0.1, -0.05) is 31.4 Å². The average Bonchev–Trinajstić information content (AvgIpc) is 2.39. The van der Waals surface area contributed by atoms with Gasteiger partial charge >= 0.3 is 0 Å². The number of hydrogen-bond acceptors (Lipinski definition) is 3. The maximum Gasteiger partial charge on any atom is 0.129 e. The molecular formula is C14H19FN2O. The van der Waals surface area contributed by atoms with E-state index in [-0.39, 0.29) is 5.82 Å². The molecule has 0 heterocycles. The summed E-state index contributed by atoms with van der Waals surface area (Å²) in [6.07, 6.45) is 7.65. The number of rotatable bonds is 4. The lowest BCUT2D eigenvalue weighted by atomic mass is 9.98. The molecule has 2 N–H and O–H groups in total. The lowest BCUT2D eigenvalue weighted by molar-refractivity contribution is 0.0156. The number of halogens is 1. The van der Waals surface area contributed by atoms with E-state index >= 15 is 0 Å². The van der Waals surface area contributed by atoms with Crippen LogP contribution in [0.5, 0.6) is 0 Å². The van der Waals surface area contributed by atoms with E-state index < -0.39 is 0 Å². The van der Waals surface area contributed by atoms with Crippen LogP contribution in [0.1, 0.15) is 43.2 Å². The highest BCUT2D eigenvalue weighted by Crippen LogP contribution is 2.22. The maximum absolute atomic E-state index is 13.7. The second-order valence-corrected chi connectivity index (χ2v) is 4.70. The zero-order chi connectivity index (χ0) is 12.8. The summed E-state index contributed by atoms with van der Waals surface area (Å²) in [6.45, 7) is 0.344. The van der Waals surface area contributed by atoms with Crippen molar-refractivity contribution in [2.45, 2.75) is 44.8 Å². The van der Waals surface area contributed by atoms with Gasteiger partial charge in [0.2, 0.25) is 0 Å². The van der Waals surface area contributed by atoms with Crippen LogP contribution < -0.4 is 5.84 Å². The molecule has 0 radical (unpaired) electrons. The summed E-state index contributed by atoms with van der Waals surface area (Å²) in [5, 5.41) is 3.37. The number of benzene rings is 1. The van der Waals surface area contributed by atoms with Crippen molar-refractivity contribution in [3.8, 4) is 0 Å². The highest BCUT2D eigenvalue weighted by Gasteiger charge is 2.14. The molecule has 4 heteroatoms. The maximum atomic E-state index is 13.7. The fourth-order valence-corrected chi connectivity index (χ4v) is 2.29. The minimum Gasteiger partial charge on any atom is -0.373 e. The van der Waals surface area contributed by atoms with Crippen molar-refractivity contribution in [1.29, 1.82) is 0 Å². The van der Waals surface area contributed by atoms with Gasteiger partial charge in [-0.25, -0.2) is 4.39 Å². The highest BCUT2D eigenvalue weighted by atomic mass is 19.1. The van der Waals surface area contributed by atoms with Crippen LogP contribution in [0, 0.1) is 5.82 Å². The lowest BCUT2D eigenvalue weighted by Gasteiger charge is -2.22. The summed E-state index contributed by atoms with van der Waals surface area (Å²) in [5.74, 6) is 4.77. The SMILES string of the molecule is NN=Cc1ccc(COC2CCCCC2)c(F)c1. The molecule has 0 unspecified atom stereocenters. The Morgan fingerprint density at radius 1 is 1.33 bits per heavy atom. The Bertz CT molecular complexity index is 414. The predicted molar refractivity (Wildman–Crippen MR) is 69.8 cm³/mol. The van der Waals surface area contributed by atoms with Crippen LogP contribution in [-0.4, -0.2) is 12.3 Å². The van der Waals surface area contributed by atoms with Crippen molar-refractivity contribution in [3.63, 3.8) is 0 Å². The van der Waals surface area contributed by atoms with Crippen molar-refractivity contribution >= 4 is 6.21 Å². The zero-order valence-electron chi connectivity index (χ0n) is 10.4. The zero-order valence-corrected chi connectivity index (χ0v) is 10.4. The predicted octanol–water partition coefficient (Wildman–Crippen LogP) is 2.97. The van der Waals surface area contributed by atoms with Gasteiger partial charge in [0.05, 0.1) is 18.9 Å². The molecule has 0 aliphatic heterocycles. The van der Waals surface area contributed by atoms with Gasteiger partial charge in [-0.2, -0.15) is 5.10 Å². The first-order valence-electron chi connectivity index (χ1n) is 6.43. The number of nitrogens with two attached hydrogens (primary N) is 1. The minimum absolute atomic E-state index is 0.261. The summed E-state index contributed by atoms with van der Waals surface area (Å²) in [5.41, 5.74) is 1.26. The molecule has 1 aromatic carbocycles. The molecule has 98 valence electrons. The molecule has 1 saturated carbocycles. The van der Waals surface area contributed by atoms with Crippen molar-refractivity contribution in [2.75, 3.05) is 0 Å². The van der Waals surface area contributed by atoms with E-state index in [0.717, 1.165) is 12.8 Å². The van der Waals surface area contributed by atoms with Crippen molar-refractivity contribution in [2.24, 2.45) is 10.9 Å². The third-order valence-corrected chi connectivity index (χ3v) is 3.33. The number of hydrazone groups is 1. The molecule has 0 amide bonds. The Kier molecular flexibility index (Phi) is 4.70. The van der Waals surface area contributed by atoms with E-state index in [1.165, 1.54) is 31.5 Å². The summed E-state index contributed by atoms with van der Waals surface area (Å²) in [6, 6.07) is 4.95. The Hall–Kier alpha value is -1.42. The summed E-state index contributed by atoms with van der Waals surface area (Å²) >= 11 is 0. The van der Waals surface area contributed by atoms with E-state index in [2.05, 4.69) is 5.10 Å². The highest BCUT2D eigenvalue weighted by molar-refractivity contribution is 5.79. The first kappa shape index (κ1) is 13.0. The third-order valence-electron chi connectivity index (χ3n) is 3.33. The van der Waals surface area contributed by atoms with Crippen LogP contribution in [0.15, 0.2) is 23.3 Å². The molecule has 18 heavy (non-hydrogen) atoms. The monoisotopic (exact) mass is 250 g/mol. The van der Waals surface area contributed by atoms with Gasteiger partial charge in [-0.3, -0.25) is 0 Å². The molecule has 1 fully saturated rings. The van der Waals surface area contributed by atoms with Crippen molar-refractivity contribution in [3.05, 3.63) is 35.1 Å². The Morgan fingerprint density at radius 3 is 2.78 bits per heavy atom. The van der Waals surface area contributed by atoms with Gasteiger partial charge in [0.1, 0.15) is 5.82 Å². The quantitative estimate of drug-likeness (QED) is 0.507. The standard InChI is InChI=1S/C14H19FN2O/c15-14-8-11(9-17-16)6-7-12(14)10-18-13-4-2-1-3-5-13/h6-9,13H,1-5,10,16H2. The summed E-state index contributed by atoms with van der Waals surface area (Å²) in [4.78, 5) is 0. The molecule has 0 spiro atoms. The lowest BCUT2D eigenvalue weighted by Crippen LogP contribution is -2.16. The summed E-state index contributed by atoms with van der Waals surface area (Å²) in [7, 11) is 0. The van der Waals surface area contributed by atoms with Crippen LogP contribution in [0.25, 0.3) is 0 Å². The van der Waals surface area contributed by atoms with Gasteiger partial charge < -0.3 is 10.6 Å². The van der Waals surface area contributed by atoms with Crippen LogP contribution in [0.2, 0.25) is 0 Å². The minimum atomic E-state index is -0.261. The van der Waals surface area contributed by atoms with Gasteiger partial charge in [-0.05, 0) is 24.5 Å². The van der Waals surface area contributed by atoms with E-state index in [1.807, 2.05) is 0 Å². The number of hydrogen-bond donors (Lipinski definition) is 1. The fraction of sp³-hybridized carbons (Fsp3) is 0.500. The average molecular weight is 250 g/mol. The molecular weight excluding hydrogens is 231 g/mol. The van der Waals surface area contributed by atoms with Gasteiger partial charge in [0.15, 0.2) is 0 Å². The largest absolute Gasteiger partial charge is 0.373 e. The molecule has 2 rings (SSSR count). The second-order valence-electron chi connectivity index (χ2n) is 4.70. The van der Waals surface area contributed by atoms with Gasteiger partial charge in [0.25, 0.3) is 0 Å². The van der Waals surface area contributed by atoms with Crippen LogP contribution in [-0.2, 0) is 11.3 Å². The van der Waals surface area contributed by atoms with Crippen LogP contribution >= 0.6 is 0 Å². The normalized spacial score (nSPS) is 17.4. The van der Waals surface area contributed by atoms with E-state index in [9.17, 15) is 4.39 Å². The van der Waals surface area contributed by atoms with E-state index in [1.54, 1.807) is 12.1 Å². The van der Waals surface area contributed by atoms with E-state index in [4.69, 9.17) is 10.6 Å². The Balaban J connectivity index is 1.92. The molecule has 0 saturated heterocycles. The molecule has 3 nitrogen and oxygen atoms in total. The Labute approximate surface area is 107 Å². The molecule has 0 aromatic heterocycles. The smallest absolute Gasteiger partial charge is 0.129 e. The molecule has 1 aromatic rings. The molecule has 0 bridgehead atoms. The Morgan fingerprint density at radius 2 is 2.11 bits per heavy atom.